The predicted molar refractivity (Wildman–Crippen MR) is 119 cm³/mol. The van der Waals surface area contributed by atoms with Crippen LogP contribution in [0, 0.1) is 0 Å². The van der Waals surface area contributed by atoms with Gasteiger partial charge in [-0.05, 0) is 43.3 Å². The molecule has 144 valence electrons. The second kappa shape index (κ2) is 10.8. The van der Waals surface area contributed by atoms with E-state index in [4.69, 9.17) is 19.2 Å². The molecular formula is C20H25O4P3. The molecule has 1 unspecified atom stereocenters. The molecule has 7 heteroatoms. The van der Waals surface area contributed by atoms with E-state index in [1.54, 1.807) is 0 Å². The lowest BCUT2D eigenvalue weighted by atomic mass is 10.4. The molecule has 0 radical (unpaired) electrons. The van der Waals surface area contributed by atoms with E-state index in [0.717, 1.165) is 6.16 Å². The highest BCUT2D eigenvalue weighted by atomic mass is 31.2. The maximum Gasteiger partial charge on any atom is 0.262 e. The van der Waals surface area contributed by atoms with Crippen molar-refractivity contribution < 1.29 is 19.2 Å². The first kappa shape index (κ1) is 23.7. The summed E-state index contributed by atoms with van der Waals surface area (Å²) in [6.07, 6.45) is 1.14. The SMILES string of the molecule is CC[P+](c1ccccc1)(c1ccccc1)c1ccccc1.O=P([O-])(O)O.P. The van der Waals surface area contributed by atoms with Crippen molar-refractivity contribution in [3.05, 3.63) is 91.0 Å². The summed E-state index contributed by atoms with van der Waals surface area (Å²) in [4.78, 5) is 22.9. The van der Waals surface area contributed by atoms with Crippen LogP contribution in [0.3, 0.4) is 0 Å². The minimum Gasteiger partial charge on any atom is -0.756 e. The van der Waals surface area contributed by atoms with E-state index in [-0.39, 0.29) is 9.90 Å². The largest absolute Gasteiger partial charge is 0.756 e. The lowest BCUT2D eigenvalue weighted by molar-refractivity contribution is -0.214. The van der Waals surface area contributed by atoms with Crippen molar-refractivity contribution in [1.82, 2.24) is 0 Å². The molecule has 0 spiro atoms. The zero-order valence-corrected chi connectivity index (χ0v) is 18.4. The Kier molecular flexibility index (Phi) is 9.50. The third-order valence-electron chi connectivity index (χ3n) is 4.07. The molecule has 1 atom stereocenters. The Balaban J connectivity index is 0.000000542. The first-order chi connectivity index (χ1) is 12.4. The third kappa shape index (κ3) is 6.63. The van der Waals surface area contributed by atoms with E-state index in [0.29, 0.717) is 0 Å². The van der Waals surface area contributed by atoms with Crippen molar-refractivity contribution in [1.29, 1.82) is 0 Å². The van der Waals surface area contributed by atoms with Gasteiger partial charge in [0.2, 0.25) is 0 Å². The molecule has 0 fully saturated rings. The highest BCUT2D eigenvalue weighted by Gasteiger charge is 2.43. The summed E-state index contributed by atoms with van der Waals surface area (Å²) in [6, 6.07) is 33.0. The molecule has 3 aromatic rings. The van der Waals surface area contributed by atoms with E-state index in [1.165, 1.54) is 15.9 Å². The van der Waals surface area contributed by atoms with Gasteiger partial charge < -0.3 is 14.7 Å². The van der Waals surface area contributed by atoms with Gasteiger partial charge >= 0.3 is 0 Å². The van der Waals surface area contributed by atoms with Gasteiger partial charge in [0.05, 0.1) is 6.16 Å². The van der Waals surface area contributed by atoms with E-state index >= 15 is 0 Å². The van der Waals surface area contributed by atoms with E-state index in [2.05, 4.69) is 97.9 Å². The van der Waals surface area contributed by atoms with Gasteiger partial charge in [0.25, 0.3) is 7.82 Å². The Morgan fingerprint density at radius 1 is 0.741 bits per heavy atom. The summed E-state index contributed by atoms with van der Waals surface area (Å²) in [5.41, 5.74) is 0. The maximum atomic E-state index is 8.77. The van der Waals surface area contributed by atoms with Crippen molar-refractivity contribution >= 4 is 40.9 Å². The molecule has 0 heterocycles. The van der Waals surface area contributed by atoms with Crippen molar-refractivity contribution in [2.75, 3.05) is 6.16 Å². The van der Waals surface area contributed by atoms with Crippen LogP contribution in [0.25, 0.3) is 0 Å². The summed E-state index contributed by atoms with van der Waals surface area (Å²) < 4.78 is 8.77. The minimum absolute atomic E-state index is 0. The van der Waals surface area contributed by atoms with E-state index in [1.807, 2.05) is 0 Å². The second-order valence-electron chi connectivity index (χ2n) is 5.62. The van der Waals surface area contributed by atoms with Crippen molar-refractivity contribution in [3.63, 3.8) is 0 Å². The van der Waals surface area contributed by atoms with Crippen LogP contribution in [0.2, 0.25) is 0 Å². The van der Waals surface area contributed by atoms with Crippen LogP contribution in [-0.2, 0) is 4.57 Å². The fourth-order valence-corrected chi connectivity index (χ4v) is 7.08. The number of hydrogen-bond donors (Lipinski definition) is 2. The first-order valence-electron chi connectivity index (χ1n) is 8.19. The normalized spacial score (nSPS) is 11.0. The van der Waals surface area contributed by atoms with Gasteiger partial charge in [0.1, 0.15) is 23.2 Å². The lowest BCUT2D eigenvalue weighted by Crippen LogP contribution is -2.32. The maximum absolute atomic E-state index is 8.77. The quantitative estimate of drug-likeness (QED) is 0.634. The zero-order valence-electron chi connectivity index (χ0n) is 15.2. The standard InChI is InChI=1S/C20H20P.H3O4P.H3P/c1-2-21(18-12-6-3-7-13-18,19-14-8-4-9-15-19)20-16-10-5-11-17-20;1-5(2,3)4;/h3-17H,2H2,1H3;(H3,1,2,3,4);1H3/q+1;;/p-1. The van der Waals surface area contributed by atoms with Crippen LogP contribution in [0.4, 0.5) is 0 Å². The molecule has 27 heavy (non-hydrogen) atoms. The zero-order chi connectivity index (χ0) is 19.0. The summed E-state index contributed by atoms with van der Waals surface area (Å²) in [5.74, 6) is 0. The van der Waals surface area contributed by atoms with E-state index in [9.17, 15) is 0 Å². The molecule has 0 bridgehead atoms. The Morgan fingerprint density at radius 2 is 0.963 bits per heavy atom. The number of phosphoric acid groups is 1. The molecule has 3 rings (SSSR count). The highest BCUT2D eigenvalue weighted by Crippen LogP contribution is 2.54. The van der Waals surface area contributed by atoms with Gasteiger partial charge in [-0.2, -0.15) is 9.90 Å². The Bertz CT molecular complexity index is 732. The van der Waals surface area contributed by atoms with Gasteiger partial charge in [0, 0.05) is 0 Å². The number of benzene rings is 3. The summed E-state index contributed by atoms with van der Waals surface area (Å²) in [5, 5.41) is 4.39. The molecule has 0 aromatic heterocycles. The smallest absolute Gasteiger partial charge is 0.262 e. The summed E-state index contributed by atoms with van der Waals surface area (Å²) in [7, 11) is -6.42. The van der Waals surface area contributed by atoms with Gasteiger partial charge in [-0.1, -0.05) is 54.6 Å². The van der Waals surface area contributed by atoms with Crippen LogP contribution in [0.5, 0.6) is 0 Å². The minimum atomic E-state index is -4.89. The van der Waals surface area contributed by atoms with Gasteiger partial charge in [-0.3, -0.25) is 4.57 Å². The monoisotopic (exact) mass is 422 g/mol. The fourth-order valence-electron chi connectivity index (χ4n) is 3.04. The molecule has 0 saturated carbocycles. The van der Waals surface area contributed by atoms with Gasteiger partial charge in [-0.15, -0.1) is 0 Å². The van der Waals surface area contributed by atoms with Gasteiger partial charge in [0.15, 0.2) is 0 Å². The van der Waals surface area contributed by atoms with Crippen molar-refractivity contribution in [2.24, 2.45) is 0 Å². The van der Waals surface area contributed by atoms with Crippen molar-refractivity contribution in [2.45, 2.75) is 6.92 Å². The molecular weight excluding hydrogens is 397 g/mol. The van der Waals surface area contributed by atoms with Crippen LogP contribution in [-0.4, -0.2) is 15.9 Å². The van der Waals surface area contributed by atoms with Gasteiger partial charge in [-0.25, -0.2) is 0 Å². The van der Waals surface area contributed by atoms with Crippen LogP contribution < -0.4 is 20.8 Å². The average Bonchev–Trinajstić information content (AvgIpc) is 2.64. The Hall–Kier alpha value is -1.37. The topological polar surface area (TPSA) is 80.6 Å². The highest BCUT2D eigenvalue weighted by molar-refractivity contribution is 7.95. The molecule has 4 nitrogen and oxygen atoms in total. The van der Waals surface area contributed by atoms with Crippen LogP contribution >= 0.6 is 25.0 Å². The molecule has 0 aliphatic rings. The second-order valence-corrected chi connectivity index (χ2v) is 10.4. The Morgan fingerprint density at radius 3 is 1.15 bits per heavy atom. The fraction of sp³-hybridized carbons (Fsp3) is 0.100. The third-order valence-corrected chi connectivity index (χ3v) is 8.55. The lowest BCUT2D eigenvalue weighted by Gasteiger charge is -2.26. The molecule has 2 N–H and O–H groups in total. The summed E-state index contributed by atoms with van der Waals surface area (Å²) >= 11 is 0. The number of hydrogen-bond acceptors (Lipinski definition) is 2. The Labute approximate surface area is 164 Å². The van der Waals surface area contributed by atoms with Crippen LogP contribution in [0.15, 0.2) is 91.0 Å². The molecule has 3 aromatic carbocycles. The molecule has 0 saturated heterocycles. The molecule has 0 aliphatic heterocycles. The average molecular weight is 422 g/mol. The molecule has 0 aliphatic carbocycles. The summed E-state index contributed by atoms with van der Waals surface area (Å²) in [6.45, 7) is 2.32. The van der Waals surface area contributed by atoms with Crippen molar-refractivity contribution in [3.8, 4) is 0 Å². The number of rotatable bonds is 4. The first-order valence-corrected chi connectivity index (χ1v) is 11.7. The van der Waals surface area contributed by atoms with Crippen LogP contribution in [0.1, 0.15) is 6.92 Å². The molecule has 0 amide bonds. The van der Waals surface area contributed by atoms with E-state index < -0.39 is 15.1 Å². The predicted octanol–water partition coefficient (Wildman–Crippen LogP) is 2.50.